The first kappa shape index (κ1) is 8.83. The Morgan fingerprint density at radius 1 is 1.31 bits per heavy atom. The summed E-state index contributed by atoms with van der Waals surface area (Å²) >= 11 is 0. The van der Waals surface area contributed by atoms with Crippen molar-refractivity contribution in [1.29, 1.82) is 0 Å². The summed E-state index contributed by atoms with van der Waals surface area (Å²) in [5, 5.41) is 0. The molecule has 0 aromatic heterocycles. The van der Waals surface area contributed by atoms with E-state index in [2.05, 4.69) is 0 Å². The van der Waals surface area contributed by atoms with Gasteiger partial charge in [-0.2, -0.15) is 0 Å². The van der Waals surface area contributed by atoms with Crippen molar-refractivity contribution >= 4 is 7.37 Å². The molecule has 1 aliphatic carbocycles. The van der Waals surface area contributed by atoms with Crippen molar-refractivity contribution in [2.24, 2.45) is 0 Å². The van der Waals surface area contributed by atoms with E-state index >= 15 is 0 Å². The van der Waals surface area contributed by atoms with Gasteiger partial charge in [-0.1, -0.05) is 18.2 Å². The molecule has 1 saturated carbocycles. The third-order valence-electron chi connectivity index (χ3n) is 2.24. The normalized spacial score (nSPS) is 20.7. The zero-order chi connectivity index (χ0) is 9.31. The van der Waals surface area contributed by atoms with E-state index in [1.165, 1.54) is 0 Å². The highest BCUT2D eigenvalue weighted by Crippen LogP contribution is 2.58. The number of hydrogen-bond acceptors (Lipinski definition) is 2. The van der Waals surface area contributed by atoms with Crippen LogP contribution in [0.2, 0.25) is 0 Å². The SMILES string of the molecule is CP(=O)(Oc1ccccc1)C1CC1. The van der Waals surface area contributed by atoms with E-state index in [-0.39, 0.29) is 0 Å². The minimum atomic E-state index is -2.38. The summed E-state index contributed by atoms with van der Waals surface area (Å²) in [4.78, 5) is 0. The van der Waals surface area contributed by atoms with Gasteiger partial charge >= 0.3 is 0 Å². The molecule has 1 fully saturated rings. The highest BCUT2D eigenvalue weighted by atomic mass is 31.2. The summed E-state index contributed by atoms with van der Waals surface area (Å²) in [6.45, 7) is 1.73. The lowest BCUT2D eigenvalue weighted by Crippen LogP contribution is -1.95. The summed E-state index contributed by atoms with van der Waals surface area (Å²) in [5.41, 5.74) is 0.313. The van der Waals surface area contributed by atoms with Crippen molar-refractivity contribution in [3.8, 4) is 5.75 Å². The van der Waals surface area contributed by atoms with Gasteiger partial charge in [0.05, 0.1) is 0 Å². The summed E-state index contributed by atoms with van der Waals surface area (Å²) in [6, 6.07) is 9.39. The van der Waals surface area contributed by atoms with Crippen LogP contribution in [-0.4, -0.2) is 12.3 Å². The quantitative estimate of drug-likeness (QED) is 0.694. The van der Waals surface area contributed by atoms with Crippen LogP contribution in [-0.2, 0) is 4.57 Å². The first-order valence-electron chi connectivity index (χ1n) is 4.50. The smallest absolute Gasteiger partial charge is 0.247 e. The molecule has 0 bridgehead atoms. The van der Waals surface area contributed by atoms with Gasteiger partial charge in [0.25, 0.3) is 0 Å². The lowest BCUT2D eigenvalue weighted by molar-refractivity contribution is 0.486. The standard InChI is InChI=1S/C10H13O2P/c1-13(11,10-7-8-10)12-9-5-3-2-4-6-9/h2-6,10H,7-8H2,1H3. The second-order valence-electron chi connectivity index (χ2n) is 3.54. The van der Waals surface area contributed by atoms with Gasteiger partial charge in [-0.15, -0.1) is 0 Å². The van der Waals surface area contributed by atoms with Gasteiger partial charge in [0.2, 0.25) is 7.37 Å². The van der Waals surface area contributed by atoms with Crippen molar-refractivity contribution in [3.63, 3.8) is 0 Å². The highest BCUT2D eigenvalue weighted by Gasteiger charge is 2.39. The lowest BCUT2D eigenvalue weighted by Gasteiger charge is -2.13. The molecule has 3 heteroatoms. The van der Waals surface area contributed by atoms with E-state index in [4.69, 9.17) is 4.52 Å². The van der Waals surface area contributed by atoms with E-state index in [0.29, 0.717) is 5.66 Å². The van der Waals surface area contributed by atoms with Gasteiger partial charge in [0.15, 0.2) is 0 Å². The molecule has 1 aromatic carbocycles. The third-order valence-corrected chi connectivity index (χ3v) is 4.66. The highest BCUT2D eigenvalue weighted by molar-refractivity contribution is 7.59. The molecule has 1 aliphatic rings. The van der Waals surface area contributed by atoms with Crippen molar-refractivity contribution in [2.75, 3.05) is 6.66 Å². The van der Waals surface area contributed by atoms with Gasteiger partial charge in [-0.05, 0) is 25.0 Å². The Balaban J connectivity index is 2.09. The second-order valence-corrected chi connectivity index (χ2v) is 6.27. The first-order valence-corrected chi connectivity index (χ1v) is 6.64. The van der Waals surface area contributed by atoms with Crippen LogP contribution >= 0.6 is 7.37 Å². The van der Waals surface area contributed by atoms with Crippen molar-refractivity contribution in [3.05, 3.63) is 30.3 Å². The molecular formula is C10H13O2P. The molecule has 13 heavy (non-hydrogen) atoms. The lowest BCUT2D eigenvalue weighted by atomic mass is 10.3. The van der Waals surface area contributed by atoms with Crippen LogP contribution in [0.4, 0.5) is 0 Å². The van der Waals surface area contributed by atoms with Crippen LogP contribution in [0.25, 0.3) is 0 Å². The van der Waals surface area contributed by atoms with Crippen molar-refractivity contribution < 1.29 is 9.09 Å². The molecule has 1 aromatic rings. The molecule has 1 unspecified atom stereocenters. The Kier molecular flexibility index (Phi) is 2.17. The van der Waals surface area contributed by atoms with E-state index < -0.39 is 7.37 Å². The van der Waals surface area contributed by atoms with Crippen LogP contribution in [0.5, 0.6) is 5.75 Å². The molecule has 0 amide bonds. The number of benzene rings is 1. The zero-order valence-electron chi connectivity index (χ0n) is 7.64. The Hall–Kier alpha value is -0.750. The Labute approximate surface area is 78.4 Å². The van der Waals surface area contributed by atoms with E-state index in [0.717, 1.165) is 18.6 Å². The minimum Gasteiger partial charge on any atom is -0.443 e. The Morgan fingerprint density at radius 3 is 2.46 bits per heavy atom. The largest absolute Gasteiger partial charge is 0.443 e. The molecule has 70 valence electrons. The van der Waals surface area contributed by atoms with Gasteiger partial charge in [0.1, 0.15) is 5.75 Å². The van der Waals surface area contributed by atoms with Gasteiger partial charge in [0, 0.05) is 12.3 Å². The number of rotatable bonds is 3. The van der Waals surface area contributed by atoms with Crippen LogP contribution in [0, 0.1) is 0 Å². The Morgan fingerprint density at radius 2 is 1.92 bits per heavy atom. The average Bonchev–Trinajstić information content (AvgIpc) is 2.87. The van der Waals surface area contributed by atoms with Crippen LogP contribution in [0.3, 0.4) is 0 Å². The minimum absolute atomic E-state index is 0.313. The maximum atomic E-state index is 11.9. The molecule has 0 spiro atoms. The molecular weight excluding hydrogens is 183 g/mol. The van der Waals surface area contributed by atoms with Crippen LogP contribution < -0.4 is 4.52 Å². The topological polar surface area (TPSA) is 26.3 Å². The van der Waals surface area contributed by atoms with Crippen LogP contribution in [0.1, 0.15) is 12.8 Å². The molecule has 0 saturated heterocycles. The van der Waals surface area contributed by atoms with Gasteiger partial charge in [-0.3, -0.25) is 4.57 Å². The predicted molar refractivity (Wildman–Crippen MR) is 53.6 cm³/mol. The fourth-order valence-corrected chi connectivity index (χ4v) is 3.09. The molecule has 0 N–H and O–H groups in total. The number of para-hydroxylation sites is 1. The second kappa shape index (κ2) is 3.19. The van der Waals surface area contributed by atoms with Crippen LogP contribution in [0.15, 0.2) is 30.3 Å². The van der Waals surface area contributed by atoms with E-state index in [9.17, 15) is 4.57 Å². The molecule has 0 aliphatic heterocycles. The van der Waals surface area contributed by atoms with E-state index in [1.54, 1.807) is 6.66 Å². The zero-order valence-corrected chi connectivity index (χ0v) is 8.54. The van der Waals surface area contributed by atoms with Gasteiger partial charge in [-0.25, -0.2) is 0 Å². The third kappa shape index (κ3) is 2.13. The first-order chi connectivity index (χ1) is 6.18. The summed E-state index contributed by atoms with van der Waals surface area (Å²) in [6.07, 6.45) is 2.11. The average molecular weight is 196 g/mol. The maximum absolute atomic E-state index is 11.9. The number of hydrogen-bond donors (Lipinski definition) is 0. The fourth-order valence-electron chi connectivity index (χ4n) is 1.31. The fraction of sp³-hybridized carbons (Fsp3) is 0.400. The van der Waals surface area contributed by atoms with Crippen molar-refractivity contribution in [2.45, 2.75) is 18.5 Å². The molecule has 2 rings (SSSR count). The monoisotopic (exact) mass is 196 g/mol. The van der Waals surface area contributed by atoms with Crippen molar-refractivity contribution in [1.82, 2.24) is 0 Å². The molecule has 2 nitrogen and oxygen atoms in total. The summed E-state index contributed by atoms with van der Waals surface area (Å²) in [5.74, 6) is 0.722. The predicted octanol–water partition coefficient (Wildman–Crippen LogP) is 3.14. The molecule has 1 atom stereocenters. The maximum Gasteiger partial charge on any atom is 0.247 e. The Bertz CT molecular complexity index is 330. The van der Waals surface area contributed by atoms with E-state index in [1.807, 2.05) is 30.3 Å². The molecule has 0 heterocycles. The molecule has 0 radical (unpaired) electrons. The summed E-state index contributed by atoms with van der Waals surface area (Å²) < 4.78 is 17.4. The summed E-state index contributed by atoms with van der Waals surface area (Å²) in [7, 11) is -2.38. The van der Waals surface area contributed by atoms with Gasteiger partial charge < -0.3 is 4.52 Å².